The van der Waals surface area contributed by atoms with Crippen molar-refractivity contribution in [2.75, 3.05) is 32.4 Å². The molecule has 0 bridgehead atoms. The fourth-order valence-electron chi connectivity index (χ4n) is 5.27. The quantitative estimate of drug-likeness (QED) is 0.328. The molecule has 0 saturated heterocycles. The molecule has 1 amide bonds. The number of unbranched alkanes of at least 4 members (excludes halogenated alkanes) is 1. The molecule has 3 atom stereocenters. The molecule has 3 aliphatic rings. The van der Waals surface area contributed by atoms with E-state index in [9.17, 15) is 18.3 Å². The molecule has 1 unspecified atom stereocenters. The van der Waals surface area contributed by atoms with E-state index in [1.807, 2.05) is 49.4 Å². The molecule has 2 heterocycles. The van der Waals surface area contributed by atoms with Gasteiger partial charge in [-0.05, 0) is 55.5 Å². The first-order valence-corrected chi connectivity index (χ1v) is 14.9. The summed E-state index contributed by atoms with van der Waals surface area (Å²) in [6.45, 7) is 5.81. The number of amides is 1. The maximum absolute atomic E-state index is 14.0. The van der Waals surface area contributed by atoms with Crippen molar-refractivity contribution in [1.29, 1.82) is 0 Å². The van der Waals surface area contributed by atoms with Crippen LogP contribution in [0.2, 0.25) is 0 Å². The number of nitrogens with one attached hydrogen (secondary N) is 3. The zero-order chi connectivity index (χ0) is 26.6. The van der Waals surface area contributed by atoms with Gasteiger partial charge in [0.25, 0.3) is 0 Å². The van der Waals surface area contributed by atoms with Crippen LogP contribution < -0.4 is 16.0 Å². The maximum atomic E-state index is 14.0. The van der Waals surface area contributed by atoms with Gasteiger partial charge in [0, 0.05) is 31.4 Å². The molecule has 1 aromatic carbocycles. The number of carbonyl (C=O) groups excluding carboxylic acids is 1. The maximum Gasteiger partial charge on any atom is 0.235 e. The Morgan fingerprint density at radius 2 is 1.97 bits per heavy atom. The first-order chi connectivity index (χ1) is 17.7. The van der Waals surface area contributed by atoms with Gasteiger partial charge in [-0.25, -0.2) is 8.42 Å². The molecule has 1 aromatic rings. The molecule has 2 aliphatic heterocycles. The highest BCUT2D eigenvalue weighted by Gasteiger charge is 2.44. The number of sulfonamides is 1. The third-order valence-corrected chi connectivity index (χ3v) is 9.48. The van der Waals surface area contributed by atoms with E-state index in [1.165, 1.54) is 4.31 Å². The summed E-state index contributed by atoms with van der Waals surface area (Å²) in [5, 5.41) is 20.9. The fourth-order valence-corrected chi connectivity index (χ4v) is 6.49. The van der Waals surface area contributed by atoms with Crippen molar-refractivity contribution in [1.82, 2.24) is 20.3 Å². The highest BCUT2D eigenvalue weighted by Crippen LogP contribution is 2.44. The number of hydrogen-bond donors (Lipinski definition) is 4. The van der Waals surface area contributed by atoms with E-state index in [0.717, 1.165) is 41.8 Å². The Morgan fingerprint density at radius 3 is 2.68 bits per heavy atom. The molecular weight excluding hydrogens is 488 g/mol. The Balaban J connectivity index is 1.63. The molecule has 9 heteroatoms. The molecule has 0 radical (unpaired) electrons. The van der Waals surface area contributed by atoms with Crippen molar-refractivity contribution in [3.05, 3.63) is 70.6 Å². The summed E-state index contributed by atoms with van der Waals surface area (Å²) in [7, 11) is -1.91. The van der Waals surface area contributed by atoms with Gasteiger partial charge < -0.3 is 21.1 Å². The Morgan fingerprint density at radius 1 is 1.22 bits per heavy atom. The first-order valence-electron chi connectivity index (χ1n) is 13.3. The largest absolute Gasteiger partial charge is 0.390 e. The zero-order valence-corrected chi connectivity index (χ0v) is 22.9. The minimum atomic E-state index is -3.48. The number of nitrogens with zero attached hydrogens (tertiary/aromatic N) is 1. The van der Waals surface area contributed by atoms with E-state index in [-0.39, 0.29) is 11.7 Å². The van der Waals surface area contributed by atoms with Gasteiger partial charge in [0.2, 0.25) is 15.9 Å². The Hall–Kier alpha value is -2.62. The van der Waals surface area contributed by atoms with Crippen LogP contribution in [0.1, 0.15) is 45.1 Å². The summed E-state index contributed by atoms with van der Waals surface area (Å²) >= 11 is 0. The van der Waals surface area contributed by atoms with E-state index in [1.54, 1.807) is 7.05 Å². The highest BCUT2D eigenvalue weighted by atomic mass is 32.2. The summed E-state index contributed by atoms with van der Waals surface area (Å²) < 4.78 is 27.1. The SMILES string of the molecule is CCCCNC[C@@H](O)[C@H](Cc1ccccc1)NC(=O)C1(CC)C=C2NCC3=C2C(=C1)N(C)S(=O)(=O)CC3. The van der Waals surface area contributed by atoms with Crippen LogP contribution in [0.15, 0.2) is 65.0 Å². The van der Waals surface area contributed by atoms with E-state index in [2.05, 4.69) is 22.9 Å². The minimum absolute atomic E-state index is 0.0519. The van der Waals surface area contributed by atoms with E-state index in [0.29, 0.717) is 38.0 Å². The number of rotatable bonds is 11. The van der Waals surface area contributed by atoms with Crippen LogP contribution in [-0.4, -0.2) is 68.3 Å². The van der Waals surface area contributed by atoms with E-state index in [4.69, 9.17) is 0 Å². The van der Waals surface area contributed by atoms with Crippen LogP contribution in [0.25, 0.3) is 0 Å². The monoisotopic (exact) mass is 528 g/mol. The molecule has 202 valence electrons. The van der Waals surface area contributed by atoms with Crippen molar-refractivity contribution in [2.45, 2.75) is 58.1 Å². The highest BCUT2D eigenvalue weighted by molar-refractivity contribution is 7.89. The minimum Gasteiger partial charge on any atom is -0.390 e. The molecule has 4 N–H and O–H groups in total. The molecule has 4 rings (SSSR count). The number of aliphatic hydroxyl groups excluding tert-OH is 1. The zero-order valence-electron chi connectivity index (χ0n) is 22.1. The van der Waals surface area contributed by atoms with Crippen molar-refractivity contribution in [2.24, 2.45) is 5.41 Å². The second-order valence-electron chi connectivity index (χ2n) is 10.2. The third kappa shape index (κ3) is 5.78. The van der Waals surface area contributed by atoms with Crippen molar-refractivity contribution < 1.29 is 18.3 Å². The summed E-state index contributed by atoms with van der Waals surface area (Å²) in [6.07, 6.45) is 6.45. The number of hydrogen-bond acceptors (Lipinski definition) is 6. The Labute approximate surface area is 220 Å². The normalized spacial score (nSPS) is 23.8. The van der Waals surface area contributed by atoms with Gasteiger partial charge in [-0.15, -0.1) is 0 Å². The lowest BCUT2D eigenvalue weighted by atomic mass is 9.76. The number of aliphatic hydroxyl groups is 1. The van der Waals surface area contributed by atoms with Gasteiger partial charge in [0.15, 0.2) is 0 Å². The predicted octanol–water partition coefficient (Wildman–Crippen LogP) is 2.21. The molecule has 0 aromatic heterocycles. The average Bonchev–Trinajstić information content (AvgIpc) is 3.27. The van der Waals surface area contributed by atoms with E-state index < -0.39 is 27.6 Å². The second-order valence-corrected chi connectivity index (χ2v) is 12.4. The smallest absolute Gasteiger partial charge is 0.235 e. The molecular formula is C28H40N4O4S. The Kier molecular flexibility index (Phi) is 8.46. The van der Waals surface area contributed by atoms with Gasteiger partial charge in [0.1, 0.15) is 0 Å². The van der Waals surface area contributed by atoms with E-state index >= 15 is 0 Å². The molecule has 0 saturated carbocycles. The van der Waals surface area contributed by atoms with Gasteiger partial charge in [-0.1, -0.05) is 50.6 Å². The summed E-state index contributed by atoms with van der Waals surface area (Å²) in [6, 6.07) is 9.30. The van der Waals surface area contributed by atoms with Crippen LogP contribution in [0.5, 0.6) is 0 Å². The summed E-state index contributed by atoms with van der Waals surface area (Å²) in [5.74, 6) is -0.191. The number of carbonyl (C=O) groups is 1. The van der Waals surface area contributed by atoms with Crippen LogP contribution in [0, 0.1) is 5.41 Å². The summed E-state index contributed by atoms with van der Waals surface area (Å²) in [4.78, 5) is 14.0. The van der Waals surface area contributed by atoms with Gasteiger partial charge >= 0.3 is 0 Å². The molecule has 1 aliphatic carbocycles. The molecule has 37 heavy (non-hydrogen) atoms. The van der Waals surface area contributed by atoms with Crippen molar-refractivity contribution >= 4 is 15.9 Å². The average molecular weight is 529 g/mol. The van der Waals surface area contributed by atoms with Crippen LogP contribution in [0.4, 0.5) is 0 Å². The lowest BCUT2D eigenvalue weighted by molar-refractivity contribution is -0.128. The van der Waals surface area contributed by atoms with Gasteiger partial charge in [-0.2, -0.15) is 0 Å². The molecule has 0 fully saturated rings. The van der Waals surface area contributed by atoms with Crippen LogP contribution in [-0.2, 0) is 21.2 Å². The third-order valence-electron chi connectivity index (χ3n) is 7.73. The second kappa shape index (κ2) is 11.4. The predicted molar refractivity (Wildman–Crippen MR) is 146 cm³/mol. The fraction of sp³-hybridized carbons (Fsp3) is 0.536. The lowest BCUT2D eigenvalue weighted by Gasteiger charge is -2.36. The topological polar surface area (TPSA) is 111 Å². The first kappa shape index (κ1) is 27.4. The standard InChI is InChI=1S/C28H40N4O4S/c1-4-6-13-29-19-25(33)22(15-20-10-8-7-9-11-20)31-27(34)28(5-2)16-23-26-21(18-30-23)12-14-37(35,36)32(3)24(26)17-28/h7-11,16-17,22,25,29-30,33H,4-6,12-15,18-19H2,1-3H3,(H,31,34)/t22-,25+,28?/m0/s1. The van der Waals surface area contributed by atoms with Crippen molar-refractivity contribution in [3.63, 3.8) is 0 Å². The number of likely N-dealkylation sites (N-methyl/N-ethyl adjacent to an activating group) is 1. The van der Waals surface area contributed by atoms with Gasteiger partial charge in [0.05, 0.1) is 29.0 Å². The Bertz CT molecular complexity index is 1190. The number of benzene rings is 1. The van der Waals surface area contributed by atoms with Crippen molar-refractivity contribution in [3.8, 4) is 0 Å². The lowest BCUT2D eigenvalue weighted by Crippen LogP contribution is -2.53. The summed E-state index contributed by atoms with van der Waals surface area (Å²) in [5.41, 5.74) is 3.32. The van der Waals surface area contributed by atoms with Crippen LogP contribution in [0.3, 0.4) is 0 Å². The molecule has 0 spiro atoms. The van der Waals surface area contributed by atoms with Gasteiger partial charge in [-0.3, -0.25) is 9.10 Å². The molecule has 8 nitrogen and oxygen atoms in total. The van der Waals surface area contributed by atoms with Crippen LogP contribution >= 0.6 is 0 Å².